The minimum atomic E-state index is -0.326. The number of rotatable bonds is 5. The highest BCUT2D eigenvalue weighted by molar-refractivity contribution is 6.35. The maximum absolute atomic E-state index is 12.2. The molecule has 0 saturated carbocycles. The van der Waals surface area contributed by atoms with E-state index in [9.17, 15) is 9.90 Å². The number of carbonyl (C=O) groups excluding carboxylic acids is 1. The molecule has 0 bridgehead atoms. The summed E-state index contributed by atoms with van der Waals surface area (Å²) in [5.41, 5.74) is 2.19. The van der Waals surface area contributed by atoms with E-state index in [4.69, 9.17) is 16.3 Å². The normalized spacial score (nSPS) is 10.8. The van der Waals surface area contributed by atoms with Crippen LogP contribution in [0.3, 0.4) is 0 Å². The van der Waals surface area contributed by atoms with Gasteiger partial charge < -0.3 is 20.1 Å². The summed E-state index contributed by atoms with van der Waals surface area (Å²) in [6, 6.07) is 10.3. The largest absolute Gasteiger partial charge is 0.507 e. The van der Waals surface area contributed by atoms with Gasteiger partial charge in [0.1, 0.15) is 11.5 Å². The molecule has 124 valence electrons. The van der Waals surface area contributed by atoms with Gasteiger partial charge in [-0.15, -0.1) is 0 Å². The lowest BCUT2D eigenvalue weighted by atomic mass is 10.1. The summed E-state index contributed by atoms with van der Waals surface area (Å²) in [6.07, 6.45) is 2.55. The highest BCUT2D eigenvalue weighted by atomic mass is 35.5. The van der Waals surface area contributed by atoms with Crippen LogP contribution in [-0.2, 0) is 6.42 Å². The molecular weight excluding hydrogens is 328 g/mol. The van der Waals surface area contributed by atoms with Crippen LogP contribution in [0.4, 0.5) is 0 Å². The zero-order valence-electron chi connectivity index (χ0n) is 13.1. The fourth-order valence-electron chi connectivity index (χ4n) is 2.62. The molecule has 0 atom stereocenters. The van der Waals surface area contributed by atoms with Crippen LogP contribution >= 0.6 is 11.6 Å². The predicted octanol–water partition coefficient (Wildman–Crippen LogP) is 3.51. The molecule has 0 aliphatic heterocycles. The smallest absolute Gasteiger partial charge is 0.255 e. The standard InChI is InChI=1S/C18H17ClN2O3/c1-24-12-5-6-14(16(22)9-12)18(23)20-8-7-11-10-21-17-13(11)3-2-4-15(17)19/h2-6,9-10,21-22H,7-8H2,1H3,(H,20,23). The van der Waals surface area contributed by atoms with Crippen LogP contribution in [0.25, 0.3) is 10.9 Å². The summed E-state index contributed by atoms with van der Waals surface area (Å²) < 4.78 is 5.00. The summed E-state index contributed by atoms with van der Waals surface area (Å²) in [7, 11) is 1.50. The Morgan fingerprint density at radius 1 is 1.33 bits per heavy atom. The number of hydrogen-bond donors (Lipinski definition) is 3. The fourth-order valence-corrected chi connectivity index (χ4v) is 2.85. The lowest BCUT2D eigenvalue weighted by Gasteiger charge is -2.08. The average Bonchev–Trinajstić information content (AvgIpc) is 2.99. The van der Waals surface area contributed by atoms with Crippen LogP contribution in [0.15, 0.2) is 42.6 Å². The number of nitrogens with one attached hydrogen (secondary N) is 2. The molecule has 2 aromatic carbocycles. The molecule has 3 aromatic rings. The third kappa shape index (κ3) is 3.16. The predicted molar refractivity (Wildman–Crippen MR) is 94.0 cm³/mol. The number of phenolic OH excluding ortho intramolecular Hbond substituents is 1. The Hall–Kier alpha value is -2.66. The lowest BCUT2D eigenvalue weighted by molar-refractivity contribution is 0.0951. The van der Waals surface area contributed by atoms with E-state index in [1.165, 1.54) is 19.2 Å². The molecule has 3 rings (SSSR count). The van der Waals surface area contributed by atoms with Crippen molar-refractivity contribution in [1.82, 2.24) is 10.3 Å². The zero-order valence-corrected chi connectivity index (χ0v) is 13.9. The van der Waals surface area contributed by atoms with Gasteiger partial charge in [0.05, 0.1) is 23.2 Å². The first-order chi connectivity index (χ1) is 11.6. The third-order valence-corrected chi connectivity index (χ3v) is 4.19. The molecule has 5 nitrogen and oxygen atoms in total. The summed E-state index contributed by atoms with van der Waals surface area (Å²) in [5, 5.41) is 14.4. The van der Waals surface area contributed by atoms with Crippen molar-refractivity contribution >= 4 is 28.4 Å². The second kappa shape index (κ2) is 6.84. The summed E-state index contributed by atoms with van der Waals surface area (Å²) in [6.45, 7) is 0.448. The Kier molecular flexibility index (Phi) is 4.62. The number of amides is 1. The molecule has 1 amide bonds. The van der Waals surface area contributed by atoms with E-state index in [0.29, 0.717) is 23.7 Å². The van der Waals surface area contributed by atoms with Crippen molar-refractivity contribution in [3.8, 4) is 11.5 Å². The van der Waals surface area contributed by atoms with Crippen molar-refractivity contribution in [1.29, 1.82) is 0 Å². The monoisotopic (exact) mass is 344 g/mol. The van der Waals surface area contributed by atoms with Gasteiger partial charge in [-0.3, -0.25) is 4.79 Å². The molecule has 1 aromatic heterocycles. The second-order valence-corrected chi connectivity index (χ2v) is 5.77. The molecule has 0 spiro atoms. The first-order valence-electron chi connectivity index (χ1n) is 7.50. The minimum Gasteiger partial charge on any atom is -0.507 e. The third-order valence-electron chi connectivity index (χ3n) is 3.88. The number of H-pyrrole nitrogens is 1. The van der Waals surface area contributed by atoms with Crippen LogP contribution in [-0.4, -0.2) is 29.7 Å². The van der Waals surface area contributed by atoms with Crippen molar-refractivity contribution in [2.75, 3.05) is 13.7 Å². The van der Waals surface area contributed by atoms with Gasteiger partial charge in [0.2, 0.25) is 0 Å². The molecule has 24 heavy (non-hydrogen) atoms. The Morgan fingerprint density at radius 2 is 2.17 bits per heavy atom. The van der Waals surface area contributed by atoms with Crippen molar-refractivity contribution in [2.24, 2.45) is 0 Å². The minimum absolute atomic E-state index is 0.106. The van der Waals surface area contributed by atoms with Gasteiger partial charge in [-0.2, -0.15) is 0 Å². The Bertz CT molecular complexity index is 889. The maximum atomic E-state index is 12.2. The van der Waals surface area contributed by atoms with Crippen molar-refractivity contribution < 1.29 is 14.6 Å². The SMILES string of the molecule is COc1ccc(C(=O)NCCc2c[nH]c3c(Cl)cccc23)c(O)c1. The van der Waals surface area contributed by atoms with Gasteiger partial charge in [-0.05, 0) is 30.2 Å². The van der Waals surface area contributed by atoms with Gasteiger partial charge in [-0.25, -0.2) is 0 Å². The molecule has 0 aliphatic rings. The van der Waals surface area contributed by atoms with Gasteiger partial charge in [0.25, 0.3) is 5.91 Å². The van der Waals surface area contributed by atoms with Crippen LogP contribution in [0.2, 0.25) is 5.02 Å². The van der Waals surface area contributed by atoms with Crippen LogP contribution in [0.1, 0.15) is 15.9 Å². The number of halogens is 1. The number of carbonyl (C=O) groups is 1. The number of para-hydroxylation sites is 1. The fraction of sp³-hybridized carbons (Fsp3) is 0.167. The molecule has 0 saturated heterocycles. The lowest BCUT2D eigenvalue weighted by Crippen LogP contribution is -2.25. The highest BCUT2D eigenvalue weighted by Gasteiger charge is 2.12. The molecular formula is C18H17ClN2O3. The quantitative estimate of drug-likeness (QED) is 0.663. The first-order valence-corrected chi connectivity index (χ1v) is 7.87. The maximum Gasteiger partial charge on any atom is 0.255 e. The van der Waals surface area contributed by atoms with E-state index in [2.05, 4.69) is 10.3 Å². The van der Waals surface area contributed by atoms with Crippen LogP contribution in [0.5, 0.6) is 11.5 Å². The summed E-state index contributed by atoms with van der Waals surface area (Å²) >= 11 is 6.14. The van der Waals surface area contributed by atoms with Crippen molar-refractivity contribution in [2.45, 2.75) is 6.42 Å². The number of benzene rings is 2. The Labute approximate surface area is 144 Å². The van der Waals surface area contributed by atoms with Gasteiger partial charge in [0.15, 0.2) is 0 Å². The van der Waals surface area contributed by atoms with E-state index in [1.54, 1.807) is 6.07 Å². The summed E-state index contributed by atoms with van der Waals surface area (Å²) in [5.74, 6) is 0.0680. The highest BCUT2D eigenvalue weighted by Crippen LogP contribution is 2.25. The number of aromatic amines is 1. The topological polar surface area (TPSA) is 74.3 Å². The van der Waals surface area contributed by atoms with Crippen molar-refractivity contribution in [3.05, 3.63) is 58.7 Å². The average molecular weight is 345 g/mol. The molecule has 0 fully saturated rings. The first kappa shape index (κ1) is 16.2. The molecule has 0 unspecified atom stereocenters. The molecule has 0 radical (unpaired) electrons. The molecule has 0 aliphatic carbocycles. The number of phenols is 1. The Balaban J connectivity index is 1.65. The van der Waals surface area contributed by atoms with E-state index < -0.39 is 0 Å². The van der Waals surface area contributed by atoms with E-state index in [0.717, 1.165) is 16.5 Å². The van der Waals surface area contributed by atoms with Gasteiger partial charge in [-0.1, -0.05) is 23.7 Å². The molecule has 1 heterocycles. The molecule has 6 heteroatoms. The van der Waals surface area contributed by atoms with E-state index in [1.807, 2.05) is 24.4 Å². The van der Waals surface area contributed by atoms with Gasteiger partial charge in [0, 0.05) is 24.2 Å². The van der Waals surface area contributed by atoms with Gasteiger partial charge >= 0.3 is 0 Å². The number of ether oxygens (including phenoxy) is 1. The number of methoxy groups -OCH3 is 1. The van der Waals surface area contributed by atoms with Crippen molar-refractivity contribution in [3.63, 3.8) is 0 Å². The number of fused-ring (bicyclic) bond motifs is 1. The van der Waals surface area contributed by atoms with E-state index >= 15 is 0 Å². The van der Waals surface area contributed by atoms with E-state index in [-0.39, 0.29) is 17.2 Å². The van der Waals surface area contributed by atoms with Crippen LogP contribution < -0.4 is 10.1 Å². The number of aromatic nitrogens is 1. The number of hydrogen-bond acceptors (Lipinski definition) is 3. The molecule has 3 N–H and O–H groups in total. The Morgan fingerprint density at radius 3 is 2.92 bits per heavy atom. The van der Waals surface area contributed by atoms with Crippen LogP contribution in [0, 0.1) is 0 Å². The second-order valence-electron chi connectivity index (χ2n) is 5.37. The summed E-state index contributed by atoms with van der Waals surface area (Å²) in [4.78, 5) is 15.3. The number of aromatic hydroxyl groups is 1. The zero-order chi connectivity index (χ0) is 17.1.